The molecule has 1 rings (SSSR count). The molecule has 0 radical (unpaired) electrons. The van der Waals surface area contributed by atoms with Crippen molar-refractivity contribution in [1.82, 2.24) is 5.32 Å². The van der Waals surface area contributed by atoms with Crippen molar-refractivity contribution in [2.45, 2.75) is 33.3 Å². The Kier molecular flexibility index (Phi) is 7.30. The fourth-order valence-corrected chi connectivity index (χ4v) is 2.17. The number of hydrogen-bond acceptors (Lipinski definition) is 2. The van der Waals surface area contributed by atoms with E-state index in [1.165, 1.54) is 0 Å². The Morgan fingerprint density at radius 2 is 1.74 bits per heavy atom. The normalized spacial score (nSPS) is 12.8. The highest BCUT2D eigenvalue weighted by Crippen LogP contribution is 2.34. The minimum Gasteiger partial charge on any atom is -0.487 e. The summed E-state index contributed by atoms with van der Waals surface area (Å²) in [6, 6.07) is 3.28. The predicted molar refractivity (Wildman–Crippen MR) is 83.9 cm³/mol. The molecule has 0 aliphatic heterocycles. The number of hydrogen-bond donors (Lipinski definition) is 1. The van der Waals surface area contributed by atoms with Gasteiger partial charge in [-0.05, 0) is 24.9 Å². The van der Waals surface area contributed by atoms with Gasteiger partial charge in [0.05, 0.1) is 15.1 Å². The van der Waals surface area contributed by atoms with Crippen LogP contribution in [0.4, 0.5) is 0 Å². The maximum absolute atomic E-state index is 6.12. The second-order valence-corrected chi connectivity index (χ2v) is 6.02. The van der Waals surface area contributed by atoms with Crippen LogP contribution in [0.3, 0.4) is 0 Å². The molecule has 108 valence electrons. The van der Waals surface area contributed by atoms with Crippen LogP contribution in [0.1, 0.15) is 27.2 Å². The van der Waals surface area contributed by atoms with E-state index in [-0.39, 0.29) is 6.10 Å². The molecule has 0 bridgehead atoms. The van der Waals surface area contributed by atoms with E-state index in [0.29, 0.717) is 26.7 Å². The summed E-state index contributed by atoms with van der Waals surface area (Å²) in [5.74, 6) is 0.947. The predicted octanol–water partition coefficient (Wildman–Crippen LogP) is 5.05. The Labute approximate surface area is 130 Å². The van der Waals surface area contributed by atoms with Crippen LogP contribution in [0.25, 0.3) is 0 Å². The molecule has 0 aliphatic carbocycles. The first-order valence-electron chi connectivity index (χ1n) is 6.47. The van der Waals surface area contributed by atoms with Gasteiger partial charge in [0.1, 0.15) is 11.9 Å². The standard InChI is InChI=1S/C14H20Cl3NO/c1-4-5-18-8-14(9(2)3)19-13-7-11(16)10(15)6-12(13)17/h6-7,9,14,18H,4-5,8H2,1-3H3. The zero-order chi connectivity index (χ0) is 14.4. The summed E-state index contributed by atoms with van der Waals surface area (Å²) in [6.45, 7) is 8.12. The number of nitrogens with one attached hydrogen (secondary N) is 1. The van der Waals surface area contributed by atoms with Crippen LogP contribution in [-0.2, 0) is 0 Å². The zero-order valence-corrected chi connectivity index (χ0v) is 13.7. The fourth-order valence-electron chi connectivity index (χ4n) is 1.59. The van der Waals surface area contributed by atoms with E-state index < -0.39 is 0 Å². The van der Waals surface area contributed by atoms with Crippen molar-refractivity contribution in [3.05, 3.63) is 27.2 Å². The molecule has 0 spiro atoms. The van der Waals surface area contributed by atoms with Crippen LogP contribution < -0.4 is 10.1 Å². The van der Waals surface area contributed by atoms with Gasteiger partial charge < -0.3 is 10.1 Å². The molecule has 0 saturated carbocycles. The molecule has 0 saturated heterocycles. The lowest BCUT2D eigenvalue weighted by Gasteiger charge is -2.24. The van der Waals surface area contributed by atoms with Crippen molar-refractivity contribution < 1.29 is 4.74 Å². The van der Waals surface area contributed by atoms with Crippen molar-refractivity contribution in [3.8, 4) is 5.75 Å². The average Bonchev–Trinajstić information content (AvgIpc) is 2.34. The van der Waals surface area contributed by atoms with Gasteiger partial charge in [-0.15, -0.1) is 0 Å². The Morgan fingerprint density at radius 1 is 1.11 bits per heavy atom. The summed E-state index contributed by atoms with van der Waals surface area (Å²) in [6.07, 6.45) is 1.14. The number of ether oxygens (including phenoxy) is 1. The maximum Gasteiger partial charge on any atom is 0.139 e. The molecule has 2 nitrogen and oxygen atoms in total. The number of halogens is 3. The zero-order valence-electron chi connectivity index (χ0n) is 11.5. The highest BCUT2D eigenvalue weighted by Gasteiger charge is 2.17. The Balaban J connectivity index is 2.76. The summed E-state index contributed by atoms with van der Waals surface area (Å²) >= 11 is 18.0. The lowest BCUT2D eigenvalue weighted by Crippen LogP contribution is -2.35. The molecular formula is C14H20Cl3NO. The van der Waals surface area contributed by atoms with Crippen LogP contribution in [0.2, 0.25) is 15.1 Å². The molecule has 0 aromatic heterocycles. The molecule has 1 atom stereocenters. The molecule has 0 amide bonds. The van der Waals surface area contributed by atoms with Gasteiger partial charge >= 0.3 is 0 Å². The molecule has 0 aliphatic rings. The van der Waals surface area contributed by atoms with Crippen molar-refractivity contribution in [2.75, 3.05) is 13.1 Å². The summed E-state index contributed by atoms with van der Waals surface area (Å²) in [5.41, 5.74) is 0. The highest BCUT2D eigenvalue weighted by atomic mass is 35.5. The Hall–Kier alpha value is -0.150. The van der Waals surface area contributed by atoms with Crippen molar-refractivity contribution in [3.63, 3.8) is 0 Å². The van der Waals surface area contributed by atoms with Gasteiger partial charge in [-0.1, -0.05) is 55.6 Å². The molecular weight excluding hydrogens is 305 g/mol. The third-order valence-electron chi connectivity index (χ3n) is 2.77. The highest BCUT2D eigenvalue weighted by molar-refractivity contribution is 6.43. The van der Waals surface area contributed by atoms with E-state index in [4.69, 9.17) is 39.5 Å². The van der Waals surface area contributed by atoms with E-state index in [0.717, 1.165) is 19.5 Å². The number of benzene rings is 1. The molecule has 1 aromatic carbocycles. The molecule has 0 heterocycles. The third-order valence-corrected chi connectivity index (χ3v) is 3.79. The first-order chi connectivity index (χ1) is 8.95. The largest absolute Gasteiger partial charge is 0.487 e. The molecule has 0 fully saturated rings. The lowest BCUT2D eigenvalue weighted by atomic mass is 10.1. The Morgan fingerprint density at radius 3 is 2.32 bits per heavy atom. The first kappa shape index (κ1) is 16.9. The Bertz CT molecular complexity index is 410. The third kappa shape index (κ3) is 5.39. The van der Waals surface area contributed by atoms with Gasteiger partial charge in [0.25, 0.3) is 0 Å². The van der Waals surface area contributed by atoms with Gasteiger partial charge in [-0.25, -0.2) is 0 Å². The van der Waals surface area contributed by atoms with E-state index in [2.05, 4.69) is 26.1 Å². The molecule has 19 heavy (non-hydrogen) atoms. The fraction of sp³-hybridized carbons (Fsp3) is 0.571. The van der Waals surface area contributed by atoms with E-state index in [1.807, 2.05) is 0 Å². The van der Waals surface area contributed by atoms with Crippen LogP contribution >= 0.6 is 34.8 Å². The lowest BCUT2D eigenvalue weighted by molar-refractivity contribution is 0.149. The van der Waals surface area contributed by atoms with Crippen LogP contribution in [-0.4, -0.2) is 19.2 Å². The number of rotatable bonds is 7. The van der Waals surface area contributed by atoms with Gasteiger partial charge in [0, 0.05) is 12.6 Å². The SMILES string of the molecule is CCCNCC(Oc1cc(Cl)c(Cl)cc1Cl)C(C)C. The van der Waals surface area contributed by atoms with Gasteiger partial charge in [-0.3, -0.25) is 0 Å². The van der Waals surface area contributed by atoms with Crippen molar-refractivity contribution >= 4 is 34.8 Å². The maximum atomic E-state index is 6.12. The van der Waals surface area contributed by atoms with E-state index >= 15 is 0 Å². The monoisotopic (exact) mass is 323 g/mol. The second-order valence-electron chi connectivity index (χ2n) is 4.80. The summed E-state index contributed by atoms with van der Waals surface area (Å²) < 4.78 is 5.95. The smallest absolute Gasteiger partial charge is 0.139 e. The first-order valence-corrected chi connectivity index (χ1v) is 7.61. The minimum absolute atomic E-state index is 0.0429. The van der Waals surface area contributed by atoms with Crippen LogP contribution in [0, 0.1) is 5.92 Å². The van der Waals surface area contributed by atoms with Gasteiger partial charge in [0.2, 0.25) is 0 Å². The summed E-state index contributed by atoms with van der Waals surface area (Å²) in [7, 11) is 0. The van der Waals surface area contributed by atoms with Crippen LogP contribution in [0.5, 0.6) is 5.75 Å². The van der Waals surface area contributed by atoms with Crippen molar-refractivity contribution in [1.29, 1.82) is 0 Å². The summed E-state index contributed by atoms with van der Waals surface area (Å²) in [4.78, 5) is 0. The molecule has 1 N–H and O–H groups in total. The van der Waals surface area contributed by atoms with E-state index in [9.17, 15) is 0 Å². The van der Waals surface area contributed by atoms with Gasteiger partial charge in [0.15, 0.2) is 0 Å². The average molecular weight is 325 g/mol. The summed E-state index contributed by atoms with van der Waals surface area (Å²) in [5, 5.41) is 4.72. The topological polar surface area (TPSA) is 21.3 Å². The molecule has 1 unspecified atom stereocenters. The quantitative estimate of drug-likeness (QED) is 0.560. The second kappa shape index (κ2) is 8.21. The van der Waals surface area contributed by atoms with E-state index in [1.54, 1.807) is 12.1 Å². The molecule has 1 aromatic rings. The van der Waals surface area contributed by atoms with Crippen LogP contribution in [0.15, 0.2) is 12.1 Å². The van der Waals surface area contributed by atoms with Gasteiger partial charge in [-0.2, -0.15) is 0 Å². The molecule has 5 heteroatoms. The minimum atomic E-state index is 0.0429. The van der Waals surface area contributed by atoms with Crippen molar-refractivity contribution in [2.24, 2.45) is 5.92 Å².